The molecule has 0 saturated heterocycles. The second kappa shape index (κ2) is 4.49. The monoisotopic (exact) mass is 297 g/mol. The molecular formula is C12H13BrFN3. The largest absolute Gasteiger partial charge is 0.383 e. The van der Waals surface area contributed by atoms with Crippen LogP contribution < -0.4 is 5.73 Å². The van der Waals surface area contributed by atoms with Crippen LogP contribution in [0.15, 0.2) is 22.7 Å². The minimum absolute atomic E-state index is 0.293. The fraction of sp³-hybridized carbons (Fsp3) is 0.250. The highest BCUT2D eigenvalue weighted by molar-refractivity contribution is 9.10. The number of nitrogens with zero attached hydrogens (tertiary/aromatic N) is 2. The number of halogens is 2. The van der Waals surface area contributed by atoms with Gasteiger partial charge in [-0.15, -0.1) is 0 Å². The number of nitrogen functional groups attached to an aromatic ring is 1. The zero-order valence-corrected chi connectivity index (χ0v) is 11.3. The zero-order valence-electron chi connectivity index (χ0n) is 9.67. The third-order valence-corrected chi connectivity index (χ3v) is 3.31. The highest BCUT2D eigenvalue weighted by Gasteiger charge is 2.13. The van der Waals surface area contributed by atoms with Gasteiger partial charge in [0.05, 0.1) is 4.47 Å². The van der Waals surface area contributed by atoms with Crippen molar-refractivity contribution in [3.05, 3.63) is 34.3 Å². The average molecular weight is 298 g/mol. The molecule has 2 rings (SSSR count). The van der Waals surface area contributed by atoms with Crippen molar-refractivity contribution < 1.29 is 4.39 Å². The molecule has 0 aliphatic heterocycles. The van der Waals surface area contributed by atoms with Crippen molar-refractivity contribution in [2.24, 2.45) is 0 Å². The quantitative estimate of drug-likeness (QED) is 0.924. The highest BCUT2D eigenvalue weighted by atomic mass is 79.9. The number of rotatable bonds is 2. The molecule has 0 saturated carbocycles. The Kier molecular flexibility index (Phi) is 3.19. The fourth-order valence-electron chi connectivity index (χ4n) is 1.84. The van der Waals surface area contributed by atoms with Gasteiger partial charge in [0.25, 0.3) is 0 Å². The van der Waals surface area contributed by atoms with Crippen molar-refractivity contribution in [1.82, 2.24) is 9.55 Å². The standard InChI is InChI=1S/C12H13BrFN3/c1-3-17-7(2)16-11(12(17)15)8-4-5-10(14)9(13)6-8/h4-6H,3,15H2,1-2H3. The Bertz CT molecular complexity index is 563. The molecule has 0 atom stereocenters. The van der Waals surface area contributed by atoms with E-state index < -0.39 is 0 Å². The van der Waals surface area contributed by atoms with Gasteiger partial charge in [-0.3, -0.25) is 0 Å². The van der Waals surface area contributed by atoms with E-state index in [1.165, 1.54) is 6.07 Å². The van der Waals surface area contributed by atoms with Gasteiger partial charge < -0.3 is 10.3 Å². The van der Waals surface area contributed by atoms with Crippen LogP contribution in [0.4, 0.5) is 10.2 Å². The van der Waals surface area contributed by atoms with Crippen LogP contribution in [0.2, 0.25) is 0 Å². The summed E-state index contributed by atoms with van der Waals surface area (Å²) >= 11 is 3.16. The van der Waals surface area contributed by atoms with Gasteiger partial charge >= 0.3 is 0 Å². The molecule has 0 fully saturated rings. The van der Waals surface area contributed by atoms with Crippen LogP contribution in [0.25, 0.3) is 11.3 Å². The van der Waals surface area contributed by atoms with E-state index in [9.17, 15) is 4.39 Å². The average Bonchev–Trinajstić information content (AvgIpc) is 2.58. The topological polar surface area (TPSA) is 43.8 Å². The van der Waals surface area contributed by atoms with Crippen LogP contribution in [0.5, 0.6) is 0 Å². The normalized spacial score (nSPS) is 10.8. The van der Waals surface area contributed by atoms with Crippen LogP contribution >= 0.6 is 15.9 Å². The van der Waals surface area contributed by atoms with Gasteiger partial charge in [0, 0.05) is 12.1 Å². The summed E-state index contributed by atoms with van der Waals surface area (Å²) in [5.74, 6) is 1.18. The van der Waals surface area contributed by atoms with E-state index in [1.807, 2.05) is 18.4 Å². The van der Waals surface area contributed by atoms with Crippen LogP contribution in [0.3, 0.4) is 0 Å². The molecule has 1 aromatic carbocycles. The minimum Gasteiger partial charge on any atom is -0.383 e. The lowest BCUT2D eigenvalue weighted by Gasteiger charge is -2.04. The number of anilines is 1. The summed E-state index contributed by atoms with van der Waals surface area (Å²) in [7, 11) is 0. The van der Waals surface area contributed by atoms with Crippen molar-refractivity contribution >= 4 is 21.7 Å². The van der Waals surface area contributed by atoms with E-state index in [2.05, 4.69) is 20.9 Å². The van der Waals surface area contributed by atoms with Crippen molar-refractivity contribution in [2.75, 3.05) is 5.73 Å². The third-order valence-electron chi connectivity index (χ3n) is 2.71. The maximum absolute atomic E-state index is 13.2. The molecule has 0 aliphatic rings. The molecule has 0 spiro atoms. The first-order valence-corrected chi connectivity index (χ1v) is 6.12. The van der Waals surface area contributed by atoms with E-state index in [-0.39, 0.29) is 5.82 Å². The van der Waals surface area contributed by atoms with E-state index in [1.54, 1.807) is 12.1 Å². The zero-order chi connectivity index (χ0) is 12.6. The Morgan fingerprint density at radius 2 is 2.18 bits per heavy atom. The number of hydrogen-bond donors (Lipinski definition) is 1. The Morgan fingerprint density at radius 3 is 2.71 bits per heavy atom. The first kappa shape index (κ1) is 12.1. The van der Waals surface area contributed by atoms with Gasteiger partial charge in [-0.1, -0.05) is 0 Å². The second-order valence-electron chi connectivity index (χ2n) is 3.77. The summed E-state index contributed by atoms with van der Waals surface area (Å²) in [6.45, 7) is 4.68. The molecule has 1 aromatic heterocycles. The molecule has 5 heteroatoms. The molecule has 3 nitrogen and oxygen atoms in total. The Balaban J connectivity index is 2.57. The summed E-state index contributed by atoms with van der Waals surface area (Å²) in [5.41, 5.74) is 7.54. The Hall–Kier alpha value is -1.36. The van der Waals surface area contributed by atoms with E-state index >= 15 is 0 Å². The minimum atomic E-state index is -0.293. The Labute approximate surface area is 108 Å². The maximum atomic E-state index is 13.2. The molecule has 90 valence electrons. The van der Waals surface area contributed by atoms with Crippen molar-refractivity contribution in [2.45, 2.75) is 20.4 Å². The summed E-state index contributed by atoms with van der Waals surface area (Å²) in [6, 6.07) is 4.77. The van der Waals surface area contributed by atoms with E-state index in [0.717, 1.165) is 17.9 Å². The molecule has 1 heterocycles. The predicted octanol–water partition coefficient (Wildman–Crippen LogP) is 3.36. The number of nitrogens with two attached hydrogens (primary N) is 1. The summed E-state index contributed by atoms with van der Waals surface area (Å²) in [5, 5.41) is 0. The molecular weight excluding hydrogens is 285 g/mol. The van der Waals surface area contributed by atoms with Crippen LogP contribution in [-0.2, 0) is 6.54 Å². The van der Waals surface area contributed by atoms with Crippen molar-refractivity contribution in [1.29, 1.82) is 0 Å². The van der Waals surface area contributed by atoms with Gasteiger partial charge in [-0.25, -0.2) is 9.37 Å². The van der Waals surface area contributed by atoms with Gasteiger partial charge in [0.15, 0.2) is 0 Å². The van der Waals surface area contributed by atoms with Gasteiger partial charge in [-0.2, -0.15) is 0 Å². The summed E-state index contributed by atoms with van der Waals surface area (Å²) < 4.78 is 15.5. The van der Waals surface area contributed by atoms with Gasteiger partial charge in [0.2, 0.25) is 0 Å². The lowest BCUT2D eigenvalue weighted by Crippen LogP contribution is -2.02. The molecule has 2 N–H and O–H groups in total. The first-order chi connectivity index (χ1) is 8.04. The molecule has 17 heavy (non-hydrogen) atoms. The number of aryl methyl sites for hydroxylation is 1. The molecule has 0 radical (unpaired) electrons. The van der Waals surface area contributed by atoms with Crippen molar-refractivity contribution in [3.63, 3.8) is 0 Å². The molecule has 0 amide bonds. The summed E-state index contributed by atoms with van der Waals surface area (Å²) in [4.78, 5) is 4.42. The SMILES string of the molecule is CCn1c(C)nc(-c2ccc(F)c(Br)c2)c1N. The molecule has 0 aliphatic carbocycles. The second-order valence-corrected chi connectivity index (χ2v) is 4.62. The smallest absolute Gasteiger partial charge is 0.137 e. The Morgan fingerprint density at radius 1 is 1.47 bits per heavy atom. The van der Waals surface area contributed by atoms with E-state index in [4.69, 9.17) is 5.73 Å². The van der Waals surface area contributed by atoms with Crippen molar-refractivity contribution in [3.8, 4) is 11.3 Å². The molecule has 0 unspecified atom stereocenters. The predicted molar refractivity (Wildman–Crippen MR) is 70.1 cm³/mol. The molecule has 2 aromatic rings. The van der Waals surface area contributed by atoms with Crippen LogP contribution in [0, 0.1) is 12.7 Å². The van der Waals surface area contributed by atoms with Crippen LogP contribution in [0.1, 0.15) is 12.7 Å². The lowest BCUT2D eigenvalue weighted by molar-refractivity contribution is 0.621. The number of benzene rings is 1. The third kappa shape index (κ3) is 2.07. The molecule has 0 bridgehead atoms. The van der Waals surface area contributed by atoms with Gasteiger partial charge in [-0.05, 0) is 48.0 Å². The van der Waals surface area contributed by atoms with Crippen LogP contribution in [-0.4, -0.2) is 9.55 Å². The highest BCUT2D eigenvalue weighted by Crippen LogP contribution is 2.29. The number of hydrogen-bond acceptors (Lipinski definition) is 2. The lowest BCUT2D eigenvalue weighted by atomic mass is 10.1. The summed E-state index contributed by atoms with van der Waals surface area (Å²) in [6.07, 6.45) is 0. The number of imidazole rings is 1. The maximum Gasteiger partial charge on any atom is 0.137 e. The first-order valence-electron chi connectivity index (χ1n) is 5.32. The number of aromatic nitrogens is 2. The fourth-order valence-corrected chi connectivity index (χ4v) is 2.22. The van der Waals surface area contributed by atoms with E-state index in [0.29, 0.717) is 16.0 Å². The van der Waals surface area contributed by atoms with Gasteiger partial charge in [0.1, 0.15) is 23.2 Å².